The van der Waals surface area contributed by atoms with Crippen molar-refractivity contribution in [2.45, 2.75) is 64.1 Å². The Balaban J connectivity index is 1.85. The van der Waals surface area contributed by atoms with Crippen LogP contribution in [0.1, 0.15) is 42.5 Å². The van der Waals surface area contributed by atoms with Crippen LogP contribution in [0.3, 0.4) is 0 Å². The first-order valence-corrected chi connectivity index (χ1v) is 17.4. The van der Waals surface area contributed by atoms with Crippen LogP contribution in [-0.4, -0.2) is 55.8 Å². The zero-order chi connectivity index (χ0) is 35.7. The van der Waals surface area contributed by atoms with Gasteiger partial charge in [0.15, 0.2) is 0 Å². The summed E-state index contributed by atoms with van der Waals surface area (Å²) in [4.78, 5) is 40.8. The van der Waals surface area contributed by atoms with Crippen molar-refractivity contribution in [2.75, 3.05) is 18.0 Å². The van der Waals surface area contributed by atoms with Crippen LogP contribution in [0.2, 0.25) is 0 Å². The number of nitro groups is 1. The highest BCUT2D eigenvalue weighted by Crippen LogP contribution is 2.30. The van der Waals surface area contributed by atoms with E-state index in [0.717, 1.165) is 27.1 Å². The molecule has 1 N–H and O–H groups in total. The predicted octanol–water partition coefficient (Wildman–Crippen LogP) is 5.97. The Labute approximate surface area is 287 Å². The molecule has 0 aromatic heterocycles. The van der Waals surface area contributed by atoms with Gasteiger partial charge in [-0.1, -0.05) is 73.2 Å². The van der Waals surface area contributed by atoms with Gasteiger partial charge >= 0.3 is 0 Å². The van der Waals surface area contributed by atoms with E-state index in [2.05, 4.69) is 5.32 Å². The number of sulfonamides is 1. The van der Waals surface area contributed by atoms with Gasteiger partial charge in [0.1, 0.15) is 18.3 Å². The molecule has 0 fully saturated rings. The summed E-state index contributed by atoms with van der Waals surface area (Å²) in [7, 11) is -3.07. The number of nitrogens with zero attached hydrogens (tertiary/aromatic N) is 3. The molecule has 4 aromatic carbocycles. The third kappa shape index (κ3) is 9.23. The first kappa shape index (κ1) is 36.6. The van der Waals surface area contributed by atoms with E-state index in [9.17, 15) is 28.1 Å². The molecule has 0 radical (unpaired) electrons. The van der Waals surface area contributed by atoms with Crippen LogP contribution in [0.25, 0.3) is 0 Å². The zero-order valence-electron chi connectivity index (χ0n) is 28.3. The Bertz CT molecular complexity index is 1880. The molecule has 258 valence electrons. The van der Waals surface area contributed by atoms with Gasteiger partial charge in [-0.15, -0.1) is 0 Å². The summed E-state index contributed by atoms with van der Waals surface area (Å²) >= 11 is 0. The van der Waals surface area contributed by atoms with Crippen molar-refractivity contribution in [2.24, 2.45) is 0 Å². The number of amides is 2. The Kier molecular flexibility index (Phi) is 12.1. The van der Waals surface area contributed by atoms with E-state index in [1.54, 1.807) is 12.1 Å². The molecule has 4 rings (SSSR count). The number of rotatable bonds is 15. The number of benzene rings is 4. The van der Waals surface area contributed by atoms with Crippen molar-refractivity contribution >= 4 is 33.2 Å². The quantitative estimate of drug-likeness (QED) is 0.120. The van der Waals surface area contributed by atoms with Crippen molar-refractivity contribution in [3.63, 3.8) is 0 Å². The fourth-order valence-corrected chi connectivity index (χ4v) is 6.79. The first-order valence-electron chi connectivity index (χ1n) is 15.9. The topological polar surface area (TPSA) is 139 Å². The summed E-state index contributed by atoms with van der Waals surface area (Å²) in [5, 5.41) is 14.8. The minimum atomic E-state index is -4.54. The molecule has 12 heteroatoms. The van der Waals surface area contributed by atoms with Crippen LogP contribution in [0.4, 0.5) is 11.4 Å². The third-order valence-electron chi connectivity index (χ3n) is 8.31. The van der Waals surface area contributed by atoms with E-state index < -0.39 is 33.4 Å². The molecule has 0 heterocycles. The maximum atomic E-state index is 14.6. The number of ether oxygens (including phenoxy) is 1. The number of hydrogen-bond acceptors (Lipinski definition) is 7. The van der Waals surface area contributed by atoms with Crippen molar-refractivity contribution in [3.05, 3.63) is 129 Å². The highest BCUT2D eigenvalue weighted by molar-refractivity contribution is 7.92. The van der Waals surface area contributed by atoms with Crippen molar-refractivity contribution < 1.29 is 27.7 Å². The number of nitro benzene ring substituents is 1. The van der Waals surface area contributed by atoms with Gasteiger partial charge in [-0.25, -0.2) is 8.42 Å². The molecule has 2 amide bonds. The Morgan fingerprint density at radius 3 is 2.20 bits per heavy atom. The van der Waals surface area contributed by atoms with Gasteiger partial charge < -0.3 is 15.0 Å². The molecule has 11 nitrogen and oxygen atoms in total. The number of hydrogen-bond donors (Lipinski definition) is 1. The van der Waals surface area contributed by atoms with Gasteiger partial charge in [-0.2, -0.15) is 0 Å². The lowest BCUT2D eigenvalue weighted by Crippen LogP contribution is -2.54. The SMILES string of the molecule is CC[C@H](C)NC(=O)[C@@H](Cc1ccccc1)N(Cc1cccc(C)c1)C(=O)CN(c1ccc(OC)cc1)S(=O)(=O)c1ccc(C)c([N+](=O)[O-])c1. The predicted molar refractivity (Wildman–Crippen MR) is 189 cm³/mol. The van der Waals surface area contributed by atoms with E-state index in [1.807, 2.05) is 75.4 Å². The van der Waals surface area contributed by atoms with E-state index in [-0.39, 0.29) is 46.7 Å². The molecular formula is C37H42N4O7S. The largest absolute Gasteiger partial charge is 0.497 e. The molecule has 0 saturated heterocycles. The third-order valence-corrected chi connectivity index (χ3v) is 10.1. The van der Waals surface area contributed by atoms with Crippen molar-refractivity contribution in [1.29, 1.82) is 0 Å². The van der Waals surface area contributed by atoms with Gasteiger partial charge in [-0.3, -0.25) is 24.0 Å². The fraction of sp³-hybridized carbons (Fsp3) is 0.297. The van der Waals surface area contributed by atoms with Crippen LogP contribution in [0, 0.1) is 24.0 Å². The Hall–Kier alpha value is -5.23. The molecule has 0 aliphatic heterocycles. The zero-order valence-corrected chi connectivity index (χ0v) is 29.1. The monoisotopic (exact) mass is 686 g/mol. The molecule has 4 aromatic rings. The van der Waals surface area contributed by atoms with Crippen LogP contribution < -0.4 is 14.4 Å². The highest BCUT2D eigenvalue weighted by atomic mass is 32.2. The van der Waals surface area contributed by atoms with Gasteiger partial charge in [0.25, 0.3) is 15.7 Å². The Morgan fingerprint density at radius 1 is 0.918 bits per heavy atom. The molecule has 0 bridgehead atoms. The van der Waals surface area contributed by atoms with Crippen LogP contribution >= 0.6 is 0 Å². The molecule has 2 atom stereocenters. The van der Waals surface area contributed by atoms with E-state index in [0.29, 0.717) is 12.2 Å². The lowest BCUT2D eigenvalue weighted by atomic mass is 10.0. The fourth-order valence-electron chi connectivity index (χ4n) is 5.35. The standard InChI is InChI=1S/C37H42N4O7S/c1-6-28(4)38-37(43)35(22-29-12-8-7-9-13-29)39(24-30-14-10-11-26(2)21-30)36(42)25-40(31-16-18-32(48-5)19-17-31)49(46,47)33-20-15-27(3)34(23-33)41(44)45/h7-21,23,28,35H,6,22,24-25H2,1-5H3,(H,38,43)/t28-,35+/m0/s1. The summed E-state index contributed by atoms with van der Waals surface area (Å²) in [5.41, 5.74) is 2.59. The minimum Gasteiger partial charge on any atom is -0.497 e. The molecular weight excluding hydrogens is 644 g/mol. The average molecular weight is 687 g/mol. The summed E-state index contributed by atoms with van der Waals surface area (Å²) in [6.07, 6.45) is 0.849. The highest BCUT2D eigenvalue weighted by Gasteiger charge is 2.35. The second-order valence-corrected chi connectivity index (χ2v) is 13.8. The second-order valence-electron chi connectivity index (χ2n) is 11.9. The average Bonchev–Trinajstić information content (AvgIpc) is 3.09. The molecule has 0 spiro atoms. The van der Waals surface area contributed by atoms with Crippen LogP contribution in [0.5, 0.6) is 5.75 Å². The lowest BCUT2D eigenvalue weighted by molar-refractivity contribution is -0.385. The molecule has 0 unspecified atom stereocenters. The summed E-state index contributed by atoms with van der Waals surface area (Å²) in [6.45, 7) is 6.59. The molecule has 0 saturated carbocycles. The molecule has 0 aliphatic rings. The summed E-state index contributed by atoms with van der Waals surface area (Å²) < 4.78 is 34.8. The lowest BCUT2D eigenvalue weighted by Gasteiger charge is -2.34. The number of nitrogens with one attached hydrogen (secondary N) is 1. The second kappa shape index (κ2) is 16.2. The number of carbonyl (C=O) groups is 2. The number of aryl methyl sites for hydroxylation is 2. The summed E-state index contributed by atoms with van der Waals surface area (Å²) in [6, 6.07) is 25.4. The maximum Gasteiger partial charge on any atom is 0.273 e. The first-order chi connectivity index (χ1) is 23.3. The molecule has 0 aliphatic carbocycles. The van der Waals surface area contributed by atoms with E-state index in [1.165, 1.54) is 43.2 Å². The number of anilines is 1. The van der Waals surface area contributed by atoms with Crippen molar-refractivity contribution in [1.82, 2.24) is 10.2 Å². The van der Waals surface area contributed by atoms with Crippen molar-refractivity contribution in [3.8, 4) is 5.75 Å². The van der Waals surface area contributed by atoms with Gasteiger partial charge in [0.2, 0.25) is 11.8 Å². The number of carbonyl (C=O) groups excluding carboxylic acids is 2. The number of methoxy groups -OCH3 is 1. The van der Waals surface area contributed by atoms with Gasteiger partial charge in [0, 0.05) is 30.6 Å². The molecule has 49 heavy (non-hydrogen) atoms. The van der Waals surface area contributed by atoms with Crippen LogP contribution in [0.15, 0.2) is 102 Å². The Morgan fingerprint density at radius 2 is 1.59 bits per heavy atom. The normalized spacial score (nSPS) is 12.4. The van der Waals surface area contributed by atoms with Gasteiger partial charge in [-0.05, 0) is 68.7 Å². The maximum absolute atomic E-state index is 14.6. The van der Waals surface area contributed by atoms with Gasteiger partial charge in [0.05, 0.1) is 22.6 Å². The minimum absolute atomic E-state index is 0.0262. The van der Waals surface area contributed by atoms with E-state index >= 15 is 0 Å². The smallest absolute Gasteiger partial charge is 0.273 e. The van der Waals surface area contributed by atoms with E-state index in [4.69, 9.17) is 4.74 Å². The van der Waals surface area contributed by atoms with Crippen LogP contribution in [-0.2, 0) is 32.6 Å². The summed E-state index contributed by atoms with van der Waals surface area (Å²) in [5.74, 6) is -0.543.